The third-order valence-corrected chi connectivity index (χ3v) is 14.4. The van der Waals surface area contributed by atoms with Crippen LogP contribution in [-0.2, 0) is 0 Å². The zero-order chi connectivity index (χ0) is 45.5. The van der Waals surface area contributed by atoms with E-state index >= 15 is 0 Å². The summed E-state index contributed by atoms with van der Waals surface area (Å²) < 4.78 is 15.6. The largest absolute Gasteiger partial charge is 0.456 e. The number of nitrogens with zero attached hydrogens (tertiary/aromatic N) is 6. The van der Waals surface area contributed by atoms with Crippen molar-refractivity contribution in [2.45, 2.75) is 0 Å². The van der Waals surface area contributed by atoms with Gasteiger partial charge in [0.05, 0.1) is 79.0 Å². The predicted octanol–water partition coefficient (Wildman–Crippen LogP) is 16.4. The maximum atomic E-state index is 12.4. The third kappa shape index (κ3) is 4.87. The lowest BCUT2D eigenvalue weighted by Crippen LogP contribution is -2.14. The van der Waals surface area contributed by atoms with Crippen LogP contribution in [0.4, 0.5) is 5.69 Å². The van der Waals surface area contributed by atoms with Crippen molar-refractivity contribution in [1.82, 2.24) is 18.3 Å². The Balaban J connectivity index is 1.28. The summed E-state index contributed by atoms with van der Waals surface area (Å²) in [5.41, 5.74) is 12.3. The minimum atomic E-state index is 0.347. The molecule has 10 aromatic carbocycles. The van der Waals surface area contributed by atoms with E-state index in [2.05, 4.69) is 200 Å². The average molecular weight is 879 g/mol. The van der Waals surface area contributed by atoms with E-state index in [1.165, 1.54) is 0 Å². The maximum Gasteiger partial charge on any atom is 0.237 e. The first-order valence-electron chi connectivity index (χ1n) is 23.0. The van der Waals surface area contributed by atoms with Crippen molar-refractivity contribution >= 4 is 115 Å². The Hall–Kier alpha value is -9.82. The number of para-hydroxylation sites is 8. The normalized spacial score (nSPS) is 12.0. The minimum Gasteiger partial charge on any atom is -0.456 e. The first-order valence-corrected chi connectivity index (χ1v) is 23.0. The molecule has 15 rings (SSSR count). The average Bonchev–Trinajstić information content (AvgIpc) is 4.20. The number of hydrogen-bond donors (Lipinski definition) is 0. The molecule has 15 aromatic rings. The van der Waals surface area contributed by atoms with Gasteiger partial charge in [0.2, 0.25) is 5.69 Å². The van der Waals surface area contributed by atoms with E-state index in [-0.39, 0.29) is 0 Å². The van der Waals surface area contributed by atoms with Gasteiger partial charge >= 0.3 is 0 Å². The van der Waals surface area contributed by atoms with E-state index in [9.17, 15) is 11.8 Å². The third-order valence-electron chi connectivity index (χ3n) is 14.4. The molecule has 0 aliphatic carbocycles. The van der Waals surface area contributed by atoms with Crippen LogP contribution < -0.4 is 0 Å². The van der Waals surface area contributed by atoms with Crippen LogP contribution in [-0.4, -0.2) is 18.3 Å². The van der Waals surface area contributed by atoms with Crippen molar-refractivity contribution < 1.29 is 4.42 Å². The SMILES string of the molecule is [C-]#[N+]c1c(-n2c3ccccc3c3cc4oc5ccccc5c4cc32)c(C#N)c(-n2c3ccccc3c3ccccc32)c(-n2c3ccccc3c3ccccc32)c1-n1c2ccccc2c2ccccc21. The minimum absolute atomic E-state index is 0.347. The van der Waals surface area contributed by atoms with E-state index in [1.807, 2.05) is 30.3 Å². The van der Waals surface area contributed by atoms with E-state index in [0.29, 0.717) is 28.3 Å². The van der Waals surface area contributed by atoms with Gasteiger partial charge in [0.15, 0.2) is 0 Å². The number of rotatable bonds is 4. The lowest BCUT2D eigenvalue weighted by Gasteiger charge is -2.27. The molecule has 0 radical (unpaired) electrons. The smallest absolute Gasteiger partial charge is 0.237 e. The maximum absolute atomic E-state index is 12.4. The van der Waals surface area contributed by atoms with Crippen molar-refractivity contribution in [2.24, 2.45) is 0 Å². The topological polar surface area (TPSA) is 61.0 Å². The molecule has 0 saturated heterocycles. The summed E-state index contributed by atoms with van der Waals surface area (Å²) in [5, 5.41) is 22.7. The molecule has 0 atom stereocenters. The highest BCUT2D eigenvalue weighted by atomic mass is 16.3. The highest BCUT2D eigenvalue weighted by molar-refractivity contribution is 6.19. The Morgan fingerprint density at radius 2 is 0.681 bits per heavy atom. The molecule has 0 N–H and O–H groups in total. The quantitative estimate of drug-likeness (QED) is 0.165. The number of aromatic nitrogens is 4. The highest BCUT2D eigenvalue weighted by Crippen LogP contribution is 2.52. The van der Waals surface area contributed by atoms with Gasteiger partial charge in [0, 0.05) is 53.9 Å². The molecule has 0 unspecified atom stereocenters. The second-order valence-corrected chi connectivity index (χ2v) is 17.8. The molecule has 0 fully saturated rings. The molecule has 7 nitrogen and oxygen atoms in total. The van der Waals surface area contributed by atoms with Crippen LogP contribution in [0.25, 0.3) is 137 Å². The van der Waals surface area contributed by atoms with Crippen molar-refractivity contribution in [3.8, 4) is 28.8 Å². The van der Waals surface area contributed by atoms with E-state index < -0.39 is 0 Å². The summed E-state index contributed by atoms with van der Waals surface area (Å²) in [6.07, 6.45) is 0. The van der Waals surface area contributed by atoms with Crippen LogP contribution in [0.5, 0.6) is 0 Å². The van der Waals surface area contributed by atoms with Gasteiger partial charge in [-0.1, -0.05) is 146 Å². The van der Waals surface area contributed by atoms with Crippen molar-refractivity contribution in [3.63, 3.8) is 0 Å². The molecule has 5 aromatic heterocycles. The molecule has 0 saturated carbocycles. The fourth-order valence-electron chi connectivity index (χ4n) is 11.7. The Bertz CT molecular complexity index is 4510. The van der Waals surface area contributed by atoms with E-state index in [0.717, 1.165) is 115 Å². The van der Waals surface area contributed by atoms with Crippen LogP contribution in [0.1, 0.15) is 5.56 Å². The first-order chi connectivity index (χ1) is 34.2. The summed E-state index contributed by atoms with van der Waals surface area (Å²) in [7, 11) is 0. The Morgan fingerprint density at radius 1 is 0.333 bits per heavy atom. The second kappa shape index (κ2) is 13.9. The van der Waals surface area contributed by atoms with Crippen LogP contribution in [0, 0.1) is 17.9 Å². The molecular weight excluding hydrogens is 845 g/mol. The molecular formula is C62H34N6O. The van der Waals surface area contributed by atoms with E-state index in [4.69, 9.17) is 9.26 Å². The van der Waals surface area contributed by atoms with Crippen molar-refractivity contribution in [1.29, 1.82) is 5.26 Å². The summed E-state index contributed by atoms with van der Waals surface area (Å²) in [5.74, 6) is 0. The lowest BCUT2D eigenvalue weighted by molar-refractivity contribution is 0.669. The highest BCUT2D eigenvalue weighted by Gasteiger charge is 2.34. The number of hydrogen-bond acceptors (Lipinski definition) is 2. The molecule has 7 heteroatoms. The zero-order valence-electron chi connectivity index (χ0n) is 36.7. The number of benzene rings is 10. The van der Waals surface area contributed by atoms with Crippen molar-refractivity contribution in [3.05, 3.63) is 223 Å². The standard InChI is InChI=1S/C62H34N6O/c1-64-58-59(68-54-32-16-8-24-43(54)45-35-57-46(34-55(45)68)44-25-9-17-33-56(44)69-57)47(36-63)60(65-48-26-10-2-18-37(48)38-19-3-11-27-49(38)65)62(67-52-30-14-6-22-41(52)42-23-7-15-31-53(42)67)61(58)66-50-28-12-4-20-39(50)40-21-5-13-29-51(40)66/h2-35H. The van der Waals surface area contributed by atoms with Crippen LogP contribution in [0.2, 0.25) is 0 Å². The zero-order valence-corrected chi connectivity index (χ0v) is 36.7. The van der Waals surface area contributed by atoms with Crippen LogP contribution in [0.15, 0.2) is 211 Å². The molecule has 0 spiro atoms. The van der Waals surface area contributed by atoms with E-state index in [1.54, 1.807) is 0 Å². The first kappa shape index (κ1) is 37.4. The van der Waals surface area contributed by atoms with Gasteiger partial charge in [-0.15, -0.1) is 0 Å². The molecule has 0 aliphatic rings. The summed E-state index contributed by atoms with van der Waals surface area (Å²) in [6, 6.07) is 74.4. The fourth-order valence-corrected chi connectivity index (χ4v) is 11.7. The molecule has 0 bridgehead atoms. The summed E-state index contributed by atoms with van der Waals surface area (Å²) in [6.45, 7) is 9.66. The monoisotopic (exact) mass is 878 g/mol. The van der Waals surface area contributed by atoms with Gasteiger partial charge in [0.25, 0.3) is 0 Å². The summed E-state index contributed by atoms with van der Waals surface area (Å²) >= 11 is 0. The van der Waals surface area contributed by atoms with Gasteiger partial charge in [-0.05, 0) is 60.7 Å². The second-order valence-electron chi connectivity index (χ2n) is 17.8. The molecule has 69 heavy (non-hydrogen) atoms. The Morgan fingerprint density at radius 3 is 1.10 bits per heavy atom. The molecule has 0 amide bonds. The van der Waals surface area contributed by atoms with Crippen LogP contribution in [0.3, 0.4) is 0 Å². The number of furan rings is 1. The van der Waals surface area contributed by atoms with Gasteiger partial charge in [0.1, 0.15) is 17.2 Å². The number of fused-ring (bicyclic) bond motifs is 15. The molecule has 5 heterocycles. The lowest BCUT2D eigenvalue weighted by atomic mass is 10.0. The Kier molecular flexibility index (Phi) is 7.51. The molecule has 0 aliphatic heterocycles. The Labute approximate surface area is 393 Å². The van der Waals surface area contributed by atoms with Crippen molar-refractivity contribution in [2.75, 3.05) is 0 Å². The van der Waals surface area contributed by atoms with Gasteiger partial charge in [-0.3, -0.25) is 0 Å². The van der Waals surface area contributed by atoms with Crippen LogP contribution >= 0.6 is 0 Å². The summed E-state index contributed by atoms with van der Waals surface area (Å²) in [4.78, 5) is 4.71. The van der Waals surface area contributed by atoms with Gasteiger partial charge < -0.3 is 22.7 Å². The predicted molar refractivity (Wildman–Crippen MR) is 282 cm³/mol. The van der Waals surface area contributed by atoms with Gasteiger partial charge in [-0.25, -0.2) is 4.85 Å². The van der Waals surface area contributed by atoms with Gasteiger partial charge in [-0.2, -0.15) is 5.26 Å². The number of nitriles is 1. The molecule has 318 valence electrons. The fraction of sp³-hybridized carbons (Fsp3) is 0.